The molecule has 3 rings (SSSR count). The normalized spacial score (nSPS) is 11.9. The molecule has 0 aliphatic rings. The average Bonchev–Trinajstić information content (AvgIpc) is 3.25. The van der Waals surface area contributed by atoms with Crippen LogP contribution in [0, 0.1) is 20.2 Å². The molecular weight excluding hydrogens is 551 g/mol. The highest BCUT2D eigenvalue weighted by molar-refractivity contribution is 6.41. The highest BCUT2D eigenvalue weighted by Gasteiger charge is 2.41. The van der Waals surface area contributed by atoms with E-state index in [0.717, 1.165) is 18.5 Å². The number of carbonyl (C=O) groups is 1. The van der Waals surface area contributed by atoms with E-state index >= 15 is 0 Å². The second kappa shape index (κ2) is 9.27. The topological polar surface area (TPSA) is 133 Å². The van der Waals surface area contributed by atoms with E-state index in [0.29, 0.717) is 10.7 Å². The van der Waals surface area contributed by atoms with Crippen LogP contribution in [0.1, 0.15) is 21.5 Å². The molecule has 18 heteroatoms. The number of nitro benzene ring substituents is 2. The number of aromatic nitrogens is 2. The summed E-state index contributed by atoms with van der Waals surface area (Å²) in [5.74, 6) is -1.61. The summed E-state index contributed by atoms with van der Waals surface area (Å²) in [5, 5.41) is 25.7. The SMILES string of the molecule is O=C(Nc1cc(C(F)(F)F)cc(C(F)(F)F)c1-n1cccn1)c1cc([N+](=O)[O-])c(Cl)c([N+](=O)[O-])c1Cl. The first-order valence-corrected chi connectivity index (χ1v) is 9.74. The molecule has 0 saturated carbocycles. The lowest BCUT2D eigenvalue weighted by molar-refractivity contribution is -0.393. The molecule has 0 atom stereocenters. The van der Waals surface area contributed by atoms with Gasteiger partial charge in [0.15, 0.2) is 5.02 Å². The van der Waals surface area contributed by atoms with Crippen LogP contribution in [-0.4, -0.2) is 25.5 Å². The van der Waals surface area contributed by atoms with Crippen molar-refractivity contribution in [2.24, 2.45) is 0 Å². The quantitative estimate of drug-likeness (QED) is 0.223. The molecule has 0 fully saturated rings. The molecular formula is C18H7Cl2F6N5O5. The van der Waals surface area contributed by atoms with Gasteiger partial charge in [0.05, 0.1) is 32.2 Å². The number of hydrogen-bond acceptors (Lipinski definition) is 6. The largest absolute Gasteiger partial charge is 0.418 e. The van der Waals surface area contributed by atoms with Crippen LogP contribution >= 0.6 is 23.2 Å². The Morgan fingerprint density at radius 2 is 1.61 bits per heavy atom. The number of halogens is 8. The minimum absolute atomic E-state index is 0.163. The Bertz CT molecular complexity index is 1390. The summed E-state index contributed by atoms with van der Waals surface area (Å²) in [4.78, 5) is 32.9. The van der Waals surface area contributed by atoms with Gasteiger partial charge >= 0.3 is 18.0 Å². The maximum absolute atomic E-state index is 13.7. The predicted octanol–water partition coefficient (Wildman–Crippen LogP) is 6.29. The van der Waals surface area contributed by atoms with Gasteiger partial charge in [-0.1, -0.05) is 23.2 Å². The molecule has 0 aliphatic heterocycles. The van der Waals surface area contributed by atoms with Gasteiger partial charge in [0.1, 0.15) is 10.7 Å². The molecule has 10 nitrogen and oxygen atoms in total. The van der Waals surface area contributed by atoms with Crippen molar-refractivity contribution in [1.82, 2.24) is 9.78 Å². The van der Waals surface area contributed by atoms with E-state index in [9.17, 15) is 51.4 Å². The molecule has 0 saturated heterocycles. The minimum Gasteiger partial charge on any atom is -0.320 e. The molecule has 0 spiro atoms. The summed E-state index contributed by atoms with van der Waals surface area (Å²) >= 11 is 11.4. The maximum atomic E-state index is 13.7. The number of amides is 1. The number of anilines is 1. The average molecular weight is 558 g/mol. The number of nitrogens with zero attached hydrogens (tertiary/aromatic N) is 4. The number of carbonyl (C=O) groups excluding carboxylic acids is 1. The number of nitrogens with one attached hydrogen (secondary N) is 1. The van der Waals surface area contributed by atoms with Crippen LogP contribution in [0.15, 0.2) is 36.7 Å². The van der Waals surface area contributed by atoms with Crippen LogP contribution < -0.4 is 5.32 Å². The summed E-state index contributed by atoms with van der Waals surface area (Å²) in [5.41, 5.74) is -9.21. The molecule has 36 heavy (non-hydrogen) atoms. The van der Waals surface area contributed by atoms with Crippen LogP contribution in [0.5, 0.6) is 0 Å². The molecule has 0 bridgehead atoms. The van der Waals surface area contributed by atoms with Crippen LogP contribution in [-0.2, 0) is 12.4 Å². The fourth-order valence-corrected chi connectivity index (χ4v) is 3.65. The standard InChI is InChI=1S/C18H7Cl2F6N5O5/c19-12-8(6-11(30(33)34)13(20)15(12)31(35)36)16(32)28-10-5-7(17(21,22)23)4-9(18(24,25)26)14(10)29-3-1-2-27-29/h1-6H,(H,28,32). The Balaban J connectivity index is 2.30. The van der Waals surface area contributed by atoms with Gasteiger partial charge in [-0.15, -0.1) is 0 Å². The summed E-state index contributed by atoms with van der Waals surface area (Å²) in [6.07, 6.45) is -8.71. The van der Waals surface area contributed by atoms with Crippen LogP contribution in [0.3, 0.4) is 0 Å². The molecule has 1 N–H and O–H groups in total. The second-order valence-electron chi connectivity index (χ2n) is 6.75. The zero-order chi connectivity index (χ0) is 27.2. The molecule has 3 aromatic rings. The van der Waals surface area contributed by atoms with Gasteiger partial charge < -0.3 is 5.32 Å². The van der Waals surface area contributed by atoms with Crippen LogP contribution in [0.4, 0.5) is 43.4 Å². The van der Waals surface area contributed by atoms with Crippen molar-refractivity contribution in [3.63, 3.8) is 0 Å². The highest BCUT2D eigenvalue weighted by Crippen LogP contribution is 2.44. The minimum atomic E-state index is -5.36. The third-order valence-corrected chi connectivity index (χ3v) is 5.26. The third-order valence-electron chi connectivity index (χ3n) is 4.51. The molecule has 190 valence electrons. The fraction of sp³-hybridized carbons (Fsp3) is 0.111. The lowest BCUT2D eigenvalue weighted by Gasteiger charge is -2.20. The zero-order valence-electron chi connectivity index (χ0n) is 16.8. The summed E-state index contributed by atoms with van der Waals surface area (Å²) in [6, 6.07) is 1.50. The van der Waals surface area contributed by atoms with Crippen molar-refractivity contribution in [3.05, 3.63) is 83.6 Å². The fourth-order valence-electron chi connectivity index (χ4n) is 3.01. The summed E-state index contributed by atoms with van der Waals surface area (Å²) in [6.45, 7) is 0. The van der Waals surface area contributed by atoms with E-state index in [-0.39, 0.29) is 12.1 Å². The van der Waals surface area contributed by atoms with Gasteiger partial charge in [0.2, 0.25) is 0 Å². The Morgan fingerprint density at radius 1 is 0.972 bits per heavy atom. The van der Waals surface area contributed by atoms with E-state index in [1.165, 1.54) is 0 Å². The first-order valence-electron chi connectivity index (χ1n) is 8.98. The molecule has 1 heterocycles. The third kappa shape index (κ3) is 5.03. The summed E-state index contributed by atoms with van der Waals surface area (Å²) < 4.78 is 81.8. The maximum Gasteiger partial charge on any atom is 0.418 e. The lowest BCUT2D eigenvalue weighted by atomic mass is 10.0. The van der Waals surface area contributed by atoms with Crippen LogP contribution in [0.2, 0.25) is 10.0 Å². The van der Waals surface area contributed by atoms with E-state index in [2.05, 4.69) is 5.10 Å². The first kappa shape index (κ1) is 26.7. The number of benzene rings is 2. The van der Waals surface area contributed by atoms with E-state index < -0.39 is 77.6 Å². The van der Waals surface area contributed by atoms with Gasteiger partial charge in [-0.25, -0.2) is 4.68 Å². The van der Waals surface area contributed by atoms with Crippen molar-refractivity contribution in [1.29, 1.82) is 0 Å². The van der Waals surface area contributed by atoms with Gasteiger partial charge in [0, 0.05) is 18.5 Å². The Labute approximate surface area is 204 Å². The lowest BCUT2D eigenvalue weighted by Crippen LogP contribution is -2.20. The molecule has 0 aliphatic carbocycles. The van der Waals surface area contributed by atoms with Crippen molar-refractivity contribution in [2.45, 2.75) is 12.4 Å². The van der Waals surface area contributed by atoms with Gasteiger partial charge in [-0.3, -0.25) is 25.0 Å². The Kier molecular flexibility index (Phi) is 6.87. The molecule has 1 amide bonds. The molecule has 1 aromatic heterocycles. The monoisotopic (exact) mass is 557 g/mol. The number of nitro groups is 2. The van der Waals surface area contributed by atoms with E-state index in [4.69, 9.17) is 23.2 Å². The summed E-state index contributed by atoms with van der Waals surface area (Å²) in [7, 11) is 0. The zero-order valence-corrected chi connectivity index (χ0v) is 18.3. The molecule has 0 unspecified atom stereocenters. The van der Waals surface area contributed by atoms with Crippen molar-refractivity contribution in [2.75, 3.05) is 5.32 Å². The van der Waals surface area contributed by atoms with Crippen molar-refractivity contribution >= 4 is 46.2 Å². The highest BCUT2D eigenvalue weighted by atomic mass is 35.5. The van der Waals surface area contributed by atoms with Crippen molar-refractivity contribution < 1.29 is 41.0 Å². The number of hydrogen-bond donors (Lipinski definition) is 1. The van der Waals surface area contributed by atoms with E-state index in [1.54, 1.807) is 5.32 Å². The van der Waals surface area contributed by atoms with Crippen LogP contribution in [0.25, 0.3) is 5.69 Å². The number of rotatable bonds is 5. The van der Waals surface area contributed by atoms with Gasteiger partial charge in [-0.2, -0.15) is 31.4 Å². The first-order chi connectivity index (χ1) is 16.5. The predicted molar refractivity (Wildman–Crippen MR) is 111 cm³/mol. The Hall–Kier alpha value is -3.92. The van der Waals surface area contributed by atoms with Crippen molar-refractivity contribution in [3.8, 4) is 5.69 Å². The smallest absolute Gasteiger partial charge is 0.320 e. The van der Waals surface area contributed by atoms with Gasteiger partial charge in [0.25, 0.3) is 11.6 Å². The Morgan fingerprint density at radius 3 is 2.08 bits per heavy atom. The molecule has 0 radical (unpaired) electrons. The van der Waals surface area contributed by atoms with Gasteiger partial charge in [-0.05, 0) is 18.2 Å². The second-order valence-corrected chi connectivity index (χ2v) is 7.51. The van der Waals surface area contributed by atoms with E-state index in [1.807, 2.05) is 0 Å². The molecule has 2 aromatic carbocycles. The number of alkyl halides is 6.